The van der Waals surface area contributed by atoms with E-state index >= 15 is 0 Å². The fourth-order valence-corrected chi connectivity index (χ4v) is 1.25. The minimum atomic E-state index is 0.174. The molecule has 0 aromatic rings. The molecular formula is C5H10OSi. The van der Waals surface area contributed by atoms with Crippen molar-refractivity contribution in [1.82, 2.24) is 0 Å². The van der Waals surface area contributed by atoms with E-state index < -0.39 is 0 Å². The van der Waals surface area contributed by atoms with E-state index in [0.717, 1.165) is 5.92 Å². The van der Waals surface area contributed by atoms with E-state index in [1.54, 1.807) is 0 Å². The molecule has 0 aromatic heterocycles. The van der Waals surface area contributed by atoms with E-state index in [1.807, 2.05) is 0 Å². The lowest BCUT2D eigenvalue weighted by Crippen LogP contribution is -1.98. The molecule has 40 valence electrons. The monoisotopic (exact) mass is 114 g/mol. The van der Waals surface area contributed by atoms with Gasteiger partial charge >= 0.3 is 0 Å². The van der Waals surface area contributed by atoms with Gasteiger partial charge < -0.3 is 4.80 Å². The van der Waals surface area contributed by atoms with Crippen molar-refractivity contribution in [3.05, 3.63) is 0 Å². The maximum absolute atomic E-state index is 8.57. The number of hydrogen-bond acceptors (Lipinski definition) is 1. The first-order valence-corrected chi connectivity index (χ1v) is 3.76. The van der Waals surface area contributed by atoms with Gasteiger partial charge in [-0.1, -0.05) is 19.8 Å². The van der Waals surface area contributed by atoms with E-state index in [1.165, 1.54) is 12.8 Å². The second kappa shape index (κ2) is 1.97. The van der Waals surface area contributed by atoms with Gasteiger partial charge in [0.05, 0.1) is 0 Å². The van der Waals surface area contributed by atoms with Gasteiger partial charge in [-0.3, -0.25) is 0 Å². The Bertz CT molecular complexity index is 61.1. The molecule has 2 heteroatoms. The molecule has 0 aliphatic heterocycles. The molecule has 0 spiro atoms. The lowest BCUT2D eigenvalue weighted by atomic mass is 10.3. The Hall–Kier alpha value is 0.177. The first-order valence-electron chi connectivity index (χ1n) is 2.74. The first-order chi connectivity index (χ1) is 3.34. The van der Waals surface area contributed by atoms with Crippen LogP contribution in [-0.2, 0) is 0 Å². The highest BCUT2D eigenvalue weighted by Crippen LogP contribution is 2.38. The van der Waals surface area contributed by atoms with Gasteiger partial charge in [-0.25, -0.2) is 0 Å². The van der Waals surface area contributed by atoms with Crippen molar-refractivity contribution in [3.63, 3.8) is 0 Å². The maximum atomic E-state index is 8.57. The summed E-state index contributed by atoms with van der Waals surface area (Å²) in [4.78, 5) is 8.57. The second-order valence-electron chi connectivity index (χ2n) is 2.26. The van der Waals surface area contributed by atoms with Gasteiger partial charge in [0.15, 0.2) is 0 Å². The predicted molar refractivity (Wildman–Crippen MR) is 30.1 cm³/mol. The van der Waals surface area contributed by atoms with Gasteiger partial charge in [-0.15, -0.1) is 0 Å². The molecular weight excluding hydrogens is 104 g/mol. The van der Waals surface area contributed by atoms with Crippen LogP contribution < -0.4 is 0 Å². The molecule has 1 N–H and O–H groups in total. The normalized spacial score (nSPS) is 24.9. The van der Waals surface area contributed by atoms with Crippen molar-refractivity contribution in [1.29, 1.82) is 0 Å². The fourth-order valence-electron chi connectivity index (χ4n) is 0.702. The van der Waals surface area contributed by atoms with Crippen molar-refractivity contribution < 1.29 is 4.80 Å². The summed E-state index contributed by atoms with van der Waals surface area (Å²) in [5.41, 5.74) is 0.597. The number of rotatable bonds is 2. The highest BCUT2D eigenvalue weighted by molar-refractivity contribution is 6.27. The molecule has 1 atom stereocenters. The summed E-state index contributed by atoms with van der Waals surface area (Å²) >= 11 is 0. The summed E-state index contributed by atoms with van der Waals surface area (Å²) in [5, 5.41) is 0. The minimum Gasteiger partial charge on any atom is -0.431 e. The van der Waals surface area contributed by atoms with Crippen LogP contribution in [0.2, 0.25) is 5.54 Å². The Balaban J connectivity index is 2.10. The molecule has 0 bridgehead atoms. The fraction of sp³-hybridized carbons (Fsp3) is 1.00. The van der Waals surface area contributed by atoms with Gasteiger partial charge in [0.1, 0.15) is 0 Å². The van der Waals surface area contributed by atoms with Crippen LogP contribution >= 0.6 is 0 Å². The van der Waals surface area contributed by atoms with Crippen LogP contribution in [-0.4, -0.2) is 14.6 Å². The third-order valence-electron chi connectivity index (χ3n) is 1.53. The molecule has 0 amide bonds. The van der Waals surface area contributed by atoms with Crippen LogP contribution in [0.15, 0.2) is 0 Å². The quantitative estimate of drug-likeness (QED) is 0.527. The molecule has 1 rings (SSSR count). The van der Waals surface area contributed by atoms with Crippen molar-refractivity contribution in [2.24, 2.45) is 5.92 Å². The van der Waals surface area contributed by atoms with Gasteiger partial charge in [-0.05, 0) is 11.5 Å². The zero-order valence-corrected chi connectivity index (χ0v) is 5.52. The smallest absolute Gasteiger partial charge is 0.227 e. The van der Waals surface area contributed by atoms with E-state index in [0.29, 0.717) is 5.54 Å². The predicted octanol–water partition coefficient (Wildman–Crippen LogP) is 0.816. The van der Waals surface area contributed by atoms with E-state index in [4.69, 9.17) is 4.80 Å². The van der Waals surface area contributed by atoms with Crippen molar-refractivity contribution in [3.8, 4) is 0 Å². The van der Waals surface area contributed by atoms with Gasteiger partial charge in [0.25, 0.3) is 0 Å². The average Bonchev–Trinajstić information content (AvgIpc) is 2.44. The molecule has 1 fully saturated rings. The molecule has 1 aliphatic carbocycles. The van der Waals surface area contributed by atoms with Crippen molar-refractivity contribution in [2.45, 2.75) is 25.3 Å². The maximum Gasteiger partial charge on any atom is 0.227 e. The van der Waals surface area contributed by atoms with Crippen LogP contribution in [0.25, 0.3) is 0 Å². The van der Waals surface area contributed by atoms with Crippen LogP contribution in [0.1, 0.15) is 19.8 Å². The molecule has 0 heterocycles. The Morgan fingerprint density at radius 1 is 1.71 bits per heavy atom. The van der Waals surface area contributed by atoms with Crippen LogP contribution in [0.4, 0.5) is 0 Å². The molecule has 0 aromatic carbocycles. The Morgan fingerprint density at radius 2 is 2.29 bits per heavy atom. The topological polar surface area (TPSA) is 20.2 Å². The van der Waals surface area contributed by atoms with E-state index in [-0.39, 0.29) is 9.76 Å². The lowest BCUT2D eigenvalue weighted by molar-refractivity contribution is 0.567. The molecule has 1 aliphatic rings. The number of hydrogen-bond donors (Lipinski definition) is 1. The van der Waals surface area contributed by atoms with Crippen LogP contribution in [0.3, 0.4) is 0 Å². The molecule has 1 unspecified atom stereocenters. The minimum absolute atomic E-state index is 0.174. The van der Waals surface area contributed by atoms with Crippen molar-refractivity contribution in [2.75, 3.05) is 0 Å². The second-order valence-corrected chi connectivity index (χ2v) is 3.42. The lowest BCUT2D eigenvalue weighted by Gasteiger charge is -1.98. The van der Waals surface area contributed by atoms with Gasteiger partial charge in [0, 0.05) is 0 Å². The Kier molecular flexibility index (Phi) is 1.49. The zero-order valence-electron chi connectivity index (χ0n) is 4.52. The first kappa shape index (κ1) is 5.32. The molecule has 2 radical (unpaired) electrons. The Labute approximate surface area is 46.7 Å². The molecule has 1 nitrogen and oxygen atoms in total. The van der Waals surface area contributed by atoms with Gasteiger partial charge in [0.2, 0.25) is 9.76 Å². The summed E-state index contributed by atoms with van der Waals surface area (Å²) in [7, 11) is 0.174. The van der Waals surface area contributed by atoms with Crippen LogP contribution in [0, 0.1) is 5.92 Å². The van der Waals surface area contributed by atoms with Gasteiger partial charge in [-0.2, -0.15) is 0 Å². The molecule has 0 saturated heterocycles. The summed E-state index contributed by atoms with van der Waals surface area (Å²) in [6, 6.07) is 0. The van der Waals surface area contributed by atoms with E-state index in [9.17, 15) is 0 Å². The molecule has 1 saturated carbocycles. The molecule has 7 heavy (non-hydrogen) atoms. The summed E-state index contributed by atoms with van der Waals surface area (Å²) < 4.78 is 0. The summed E-state index contributed by atoms with van der Waals surface area (Å²) in [6.07, 6.45) is 2.71. The third kappa shape index (κ3) is 1.28. The van der Waals surface area contributed by atoms with E-state index in [2.05, 4.69) is 6.92 Å². The highest BCUT2D eigenvalue weighted by atomic mass is 28.2. The summed E-state index contributed by atoms with van der Waals surface area (Å²) in [6.45, 7) is 2.12. The zero-order chi connectivity index (χ0) is 5.28. The summed E-state index contributed by atoms with van der Waals surface area (Å²) in [5.74, 6) is 0.878. The SMILES string of the molecule is CC([Si]O)C1CC1. The highest BCUT2D eigenvalue weighted by Gasteiger charge is 2.27. The third-order valence-corrected chi connectivity index (χ3v) is 2.41. The Morgan fingerprint density at radius 3 is 2.43 bits per heavy atom. The van der Waals surface area contributed by atoms with Crippen LogP contribution in [0.5, 0.6) is 0 Å². The largest absolute Gasteiger partial charge is 0.431 e. The standard InChI is InChI=1S/C5H10OSi/c1-4(7-6)5-2-3-5/h4-6H,2-3H2,1H3. The average molecular weight is 114 g/mol. The van der Waals surface area contributed by atoms with Crippen molar-refractivity contribution >= 4 is 9.76 Å².